The van der Waals surface area contributed by atoms with Gasteiger partial charge in [-0.2, -0.15) is 0 Å². The second kappa shape index (κ2) is 7.47. The molecule has 0 saturated carbocycles. The van der Waals surface area contributed by atoms with Crippen LogP contribution in [-0.2, 0) is 13.0 Å². The molecular weight excluding hydrogens is 359 g/mol. The number of benzene rings is 1. The largest absolute Gasteiger partial charge is 0.328 e. The van der Waals surface area contributed by atoms with Gasteiger partial charge in [0.2, 0.25) is 0 Å². The van der Waals surface area contributed by atoms with Crippen molar-refractivity contribution >= 4 is 5.91 Å². The average Bonchev–Trinajstić information content (AvgIpc) is 3.17. The number of carbonyl (C=O) groups excluding carboxylic acids is 1. The van der Waals surface area contributed by atoms with Crippen molar-refractivity contribution in [2.75, 3.05) is 13.1 Å². The Balaban J connectivity index is 1.62. The van der Waals surface area contributed by atoms with Gasteiger partial charge in [-0.1, -0.05) is 0 Å². The smallest absolute Gasteiger partial charge is 0.255 e. The third-order valence-electron chi connectivity index (χ3n) is 5.77. The second-order valence-corrected chi connectivity index (χ2v) is 7.85. The molecule has 1 fully saturated rings. The summed E-state index contributed by atoms with van der Waals surface area (Å²) in [7, 11) is 0. The number of fused-ring (bicyclic) bond motifs is 1. The fraction of sp³-hybridized carbons (Fsp3) is 0.476. The van der Waals surface area contributed by atoms with Gasteiger partial charge < -0.3 is 9.88 Å². The molecule has 1 atom stereocenters. The van der Waals surface area contributed by atoms with Gasteiger partial charge in [0.05, 0.1) is 17.3 Å². The maximum atomic E-state index is 13.2. The number of carbonyl (C=O) groups is 1. The summed E-state index contributed by atoms with van der Waals surface area (Å²) in [5.74, 6) is 0.0363. The van der Waals surface area contributed by atoms with Gasteiger partial charge in [-0.3, -0.25) is 14.5 Å². The summed E-state index contributed by atoms with van der Waals surface area (Å²) in [4.78, 5) is 37.3. The Bertz CT molecular complexity index is 938. The van der Waals surface area contributed by atoms with Crippen LogP contribution in [0.2, 0.25) is 0 Å². The van der Waals surface area contributed by atoms with Gasteiger partial charge in [-0.15, -0.1) is 0 Å². The van der Waals surface area contributed by atoms with Crippen LogP contribution in [0, 0.1) is 5.82 Å². The monoisotopic (exact) mass is 384 g/mol. The first kappa shape index (κ1) is 18.8. The van der Waals surface area contributed by atoms with E-state index in [0.29, 0.717) is 30.5 Å². The molecule has 4 rings (SSSR count). The summed E-state index contributed by atoms with van der Waals surface area (Å²) in [6.07, 6.45) is 2.34. The standard InChI is InChI=1S/C21H25FN4O2/c1-13(2)25-11-9-17-16(12-25)20(27)24-19(23-17)18-4-3-10-26(18)21(28)14-5-7-15(22)8-6-14/h5-8,13,18H,3-4,9-12H2,1-2H3,(H,23,24,27)/t18-/m1/s1. The lowest BCUT2D eigenvalue weighted by Gasteiger charge is -2.31. The molecule has 28 heavy (non-hydrogen) atoms. The highest BCUT2D eigenvalue weighted by atomic mass is 19.1. The lowest BCUT2D eigenvalue weighted by atomic mass is 10.0. The van der Waals surface area contributed by atoms with E-state index < -0.39 is 0 Å². The number of H-pyrrole nitrogens is 1. The Kier molecular flexibility index (Phi) is 5.02. The van der Waals surface area contributed by atoms with Crippen LogP contribution >= 0.6 is 0 Å². The number of halogens is 1. The predicted octanol–water partition coefficient (Wildman–Crippen LogP) is 2.65. The van der Waals surface area contributed by atoms with Gasteiger partial charge in [0.1, 0.15) is 11.6 Å². The van der Waals surface area contributed by atoms with E-state index in [4.69, 9.17) is 4.98 Å². The summed E-state index contributed by atoms with van der Waals surface area (Å²) in [6, 6.07) is 5.70. The van der Waals surface area contributed by atoms with E-state index in [-0.39, 0.29) is 23.3 Å². The Labute approximate surface area is 163 Å². The predicted molar refractivity (Wildman–Crippen MR) is 104 cm³/mol. The van der Waals surface area contributed by atoms with E-state index in [0.717, 1.165) is 37.1 Å². The number of rotatable bonds is 3. The number of aromatic amines is 1. The van der Waals surface area contributed by atoms with Crippen molar-refractivity contribution in [1.29, 1.82) is 0 Å². The first-order valence-electron chi connectivity index (χ1n) is 9.86. The number of hydrogen-bond acceptors (Lipinski definition) is 4. The molecule has 3 heterocycles. The van der Waals surface area contributed by atoms with Crippen LogP contribution in [0.25, 0.3) is 0 Å². The number of nitrogens with one attached hydrogen (secondary N) is 1. The number of nitrogens with zero attached hydrogens (tertiary/aromatic N) is 3. The molecule has 2 aromatic rings. The van der Waals surface area contributed by atoms with E-state index in [2.05, 4.69) is 23.7 Å². The Morgan fingerprint density at radius 1 is 1.25 bits per heavy atom. The normalized spacial score (nSPS) is 19.9. The molecule has 1 aromatic carbocycles. The third kappa shape index (κ3) is 3.46. The van der Waals surface area contributed by atoms with Crippen LogP contribution in [0.1, 0.15) is 60.2 Å². The maximum Gasteiger partial charge on any atom is 0.255 e. The summed E-state index contributed by atoms with van der Waals surface area (Å²) in [5, 5.41) is 0. The molecule has 1 saturated heterocycles. The molecule has 148 valence electrons. The fourth-order valence-electron chi connectivity index (χ4n) is 4.12. The first-order chi connectivity index (χ1) is 13.4. The molecule has 6 nitrogen and oxygen atoms in total. The van der Waals surface area contributed by atoms with Gasteiger partial charge in [-0.05, 0) is 51.0 Å². The maximum absolute atomic E-state index is 13.2. The zero-order valence-corrected chi connectivity index (χ0v) is 16.2. The van der Waals surface area contributed by atoms with Gasteiger partial charge in [0.15, 0.2) is 0 Å². The van der Waals surface area contributed by atoms with Crippen LogP contribution in [0.5, 0.6) is 0 Å². The number of amides is 1. The minimum Gasteiger partial charge on any atom is -0.328 e. The first-order valence-corrected chi connectivity index (χ1v) is 9.86. The zero-order chi connectivity index (χ0) is 19.8. The van der Waals surface area contributed by atoms with E-state index in [1.807, 2.05) is 0 Å². The topological polar surface area (TPSA) is 69.3 Å². The van der Waals surface area contributed by atoms with Crippen LogP contribution in [0.15, 0.2) is 29.1 Å². The Morgan fingerprint density at radius 3 is 2.71 bits per heavy atom. The molecule has 0 spiro atoms. The number of hydrogen-bond donors (Lipinski definition) is 1. The number of likely N-dealkylation sites (tertiary alicyclic amines) is 1. The third-order valence-corrected chi connectivity index (χ3v) is 5.77. The molecule has 1 amide bonds. The summed E-state index contributed by atoms with van der Waals surface area (Å²) in [6.45, 7) is 6.33. The van der Waals surface area contributed by atoms with Gasteiger partial charge in [-0.25, -0.2) is 9.37 Å². The van der Waals surface area contributed by atoms with E-state index in [9.17, 15) is 14.0 Å². The average molecular weight is 384 g/mol. The summed E-state index contributed by atoms with van der Waals surface area (Å²) in [5.41, 5.74) is 1.92. The van der Waals surface area contributed by atoms with Crippen molar-refractivity contribution in [1.82, 2.24) is 19.8 Å². The lowest BCUT2D eigenvalue weighted by Crippen LogP contribution is -2.40. The molecule has 0 unspecified atom stereocenters. The molecule has 0 radical (unpaired) electrons. The molecule has 2 aliphatic heterocycles. The quantitative estimate of drug-likeness (QED) is 0.883. The highest BCUT2D eigenvalue weighted by Crippen LogP contribution is 2.31. The molecular formula is C21H25FN4O2. The highest BCUT2D eigenvalue weighted by Gasteiger charge is 2.33. The molecule has 1 N–H and O–H groups in total. The van der Waals surface area contributed by atoms with Crippen LogP contribution in [0.3, 0.4) is 0 Å². The lowest BCUT2D eigenvalue weighted by molar-refractivity contribution is 0.0729. The van der Waals surface area contributed by atoms with Gasteiger partial charge in [0, 0.05) is 37.7 Å². The second-order valence-electron chi connectivity index (χ2n) is 7.85. The molecule has 2 aliphatic rings. The van der Waals surface area contributed by atoms with Crippen LogP contribution in [0.4, 0.5) is 4.39 Å². The highest BCUT2D eigenvalue weighted by molar-refractivity contribution is 5.94. The molecule has 1 aromatic heterocycles. The summed E-state index contributed by atoms with van der Waals surface area (Å²) < 4.78 is 13.2. The zero-order valence-electron chi connectivity index (χ0n) is 16.2. The molecule has 0 aliphatic carbocycles. The van der Waals surface area contributed by atoms with Crippen molar-refractivity contribution in [3.63, 3.8) is 0 Å². The van der Waals surface area contributed by atoms with E-state index >= 15 is 0 Å². The van der Waals surface area contributed by atoms with Crippen molar-refractivity contribution in [2.24, 2.45) is 0 Å². The number of aromatic nitrogens is 2. The minimum absolute atomic E-state index is 0.105. The summed E-state index contributed by atoms with van der Waals surface area (Å²) >= 11 is 0. The van der Waals surface area contributed by atoms with Crippen LogP contribution in [-0.4, -0.2) is 44.8 Å². The van der Waals surface area contributed by atoms with Crippen molar-refractivity contribution in [3.8, 4) is 0 Å². The fourth-order valence-corrected chi connectivity index (χ4v) is 4.12. The van der Waals surface area contributed by atoms with Crippen molar-refractivity contribution < 1.29 is 9.18 Å². The van der Waals surface area contributed by atoms with Crippen LogP contribution < -0.4 is 5.56 Å². The van der Waals surface area contributed by atoms with Gasteiger partial charge >= 0.3 is 0 Å². The van der Waals surface area contributed by atoms with Crippen molar-refractivity contribution in [3.05, 3.63) is 63.1 Å². The van der Waals surface area contributed by atoms with E-state index in [1.54, 1.807) is 4.90 Å². The Morgan fingerprint density at radius 2 is 2.00 bits per heavy atom. The molecule has 7 heteroatoms. The Hall–Kier alpha value is -2.54. The van der Waals surface area contributed by atoms with Gasteiger partial charge in [0.25, 0.3) is 11.5 Å². The molecule has 0 bridgehead atoms. The minimum atomic E-state index is -0.370. The van der Waals surface area contributed by atoms with E-state index in [1.165, 1.54) is 24.3 Å². The SMILES string of the molecule is CC(C)N1CCc2nc([C@H]3CCCN3C(=O)c3ccc(F)cc3)[nH]c(=O)c2C1. The van der Waals surface area contributed by atoms with Crippen molar-refractivity contribution in [2.45, 2.75) is 51.7 Å².